The number of hydrogen-bond acceptors (Lipinski definition) is 5. The highest BCUT2D eigenvalue weighted by molar-refractivity contribution is 7.91. The maximum absolute atomic E-state index is 13.5. The molecule has 0 spiro atoms. The van der Waals surface area contributed by atoms with Crippen LogP contribution in [0.4, 0.5) is 0 Å². The molecule has 2 aromatic carbocycles. The van der Waals surface area contributed by atoms with Crippen LogP contribution in [0.5, 0.6) is 5.88 Å². The minimum atomic E-state index is -3.93. The molecule has 4 rings (SSSR count). The Hall–Kier alpha value is -2.93. The zero-order valence-corrected chi connectivity index (χ0v) is 17.9. The van der Waals surface area contributed by atoms with Gasteiger partial charge in [0.25, 0.3) is 0 Å². The molecule has 0 bridgehead atoms. The Labute approximate surface area is 176 Å². The summed E-state index contributed by atoms with van der Waals surface area (Å²) in [7, 11) is -3.93. The third-order valence-corrected chi connectivity index (χ3v) is 7.35. The van der Waals surface area contributed by atoms with E-state index in [0.29, 0.717) is 5.69 Å². The topological polar surface area (TPSA) is 78.3 Å². The number of nitrogens with zero attached hydrogens (tertiary/aromatic N) is 2. The fraction of sp³-hybridized carbons (Fsp3) is 0.304. The summed E-state index contributed by atoms with van der Waals surface area (Å²) < 4.78 is 34.1. The SMILES string of the molecule is Cc1ccc(S(=O)(=O)c2c(C)nn(-c3ccccc3)c2OC(=O)C2CCCC2)cc1. The molecule has 0 saturated heterocycles. The third kappa shape index (κ3) is 3.77. The minimum Gasteiger partial charge on any atom is -0.406 e. The molecule has 6 nitrogen and oxygen atoms in total. The van der Waals surface area contributed by atoms with Gasteiger partial charge in [-0.15, -0.1) is 0 Å². The van der Waals surface area contributed by atoms with Gasteiger partial charge in [0.2, 0.25) is 15.7 Å². The number of rotatable bonds is 5. The quantitative estimate of drug-likeness (QED) is 0.567. The lowest BCUT2D eigenvalue weighted by Crippen LogP contribution is -2.20. The van der Waals surface area contributed by atoms with Gasteiger partial charge in [-0.2, -0.15) is 9.78 Å². The summed E-state index contributed by atoms with van der Waals surface area (Å²) in [4.78, 5) is 12.9. The van der Waals surface area contributed by atoms with E-state index in [1.165, 1.54) is 4.68 Å². The van der Waals surface area contributed by atoms with Gasteiger partial charge in [-0.05, 0) is 51.0 Å². The second-order valence-electron chi connectivity index (χ2n) is 7.69. The van der Waals surface area contributed by atoms with Crippen molar-refractivity contribution in [3.8, 4) is 11.6 Å². The van der Waals surface area contributed by atoms with Gasteiger partial charge in [0.1, 0.15) is 0 Å². The summed E-state index contributed by atoms with van der Waals surface area (Å²) in [5, 5.41) is 4.43. The van der Waals surface area contributed by atoms with Crippen molar-refractivity contribution in [1.29, 1.82) is 0 Å². The number of sulfone groups is 1. The average Bonchev–Trinajstić information content (AvgIpc) is 3.37. The van der Waals surface area contributed by atoms with Crippen molar-refractivity contribution in [2.45, 2.75) is 49.3 Å². The molecule has 1 aliphatic carbocycles. The number of benzene rings is 2. The molecule has 0 aliphatic heterocycles. The standard InChI is InChI=1S/C23H24N2O4S/c1-16-12-14-20(15-13-16)30(27,28)21-17(2)24-25(19-10-4-3-5-11-19)22(21)29-23(26)18-8-6-7-9-18/h3-5,10-15,18H,6-9H2,1-2H3. The second kappa shape index (κ2) is 8.07. The van der Waals surface area contributed by atoms with Crippen molar-refractivity contribution < 1.29 is 17.9 Å². The van der Waals surface area contributed by atoms with Crippen LogP contribution in [0.2, 0.25) is 0 Å². The van der Waals surface area contributed by atoms with Crippen LogP contribution in [-0.4, -0.2) is 24.2 Å². The highest BCUT2D eigenvalue weighted by Crippen LogP contribution is 2.36. The predicted molar refractivity (Wildman–Crippen MR) is 113 cm³/mol. The van der Waals surface area contributed by atoms with Gasteiger partial charge < -0.3 is 4.74 Å². The van der Waals surface area contributed by atoms with Crippen LogP contribution in [-0.2, 0) is 14.6 Å². The first-order valence-corrected chi connectivity index (χ1v) is 11.5. The summed E-state index contributed by atoms with van der Waals surface area (Å²) in [6.45, 7) is 3.51. The van der Waals surface area contributed by atoms with Crippen LogP contribution in [0.3, 0.4) is 0 Å². The van der Waals surface area contributed by atoms with E-state index >= 15 is 0 Å². The van der Waals surface area contributed by atoms with E-state index in [4.69, 9.17) is 4.74 Å². The normalized spacial score (nSPS) is 14.7. The molecule has 0 atom stereocenters. The van der Waals surface area contributed by atoms with Crippen LogP contribution >= 0.6 is 0 Å². The average molecular weight is 425 g/mol. The van der Waals surface area contributed by atoms with E-state index in [1.54, 1.807) is 43.3 Å². The number of carbonyl (C=O) groups excluding carboxylic acids is 1. The lowest BCUT2D eigenvalue weighted by atomic mass is 10.1. The molecule has 1 aliphatic rings. The van der Waals surface area contributed by atoms with Gasteiger partial charge in [-0.1, -0.05) is 48.7 Å². The number of ether oxygens (including phenoxy) is 1. The van der Waals surface area contributed by atoms with Crippen LogP contribution in [0.1, 0.15) is 36.9 Å². The van der Waals surface area contributed by atoms with Crippen LogP contribution in [0.25, 0.3) is 5.69 Å². The van der Waals surface area contributed by atoms with Crippen molar-refractivity contribution in [1.82, 2.24) is 9.78 Å². The Morgan fingerprint density at radius 2 is 1.63 bits per heavy atom. The van der Waals surface area contributed by atoms with E-state index < -0.39 is 15.8 Å². The summed E-state index contributed by atoms with van der Waals surface area (Å²) in [5.74, 6) is -0.652. The number of hydrogen-bond donors (Lipinski definition) is 0. The van der Waals surface area contributed by atoms with Gasteiger partial charge in [0.15, 0.2) is 4.90 Å². The summed E-state index contributed by atoms with van der Waals surface area (Å²) >= 11 is 0. The summed E-state index contributed by atoms with van der Waals surface area (Å²) in [6.07, 6.45) is 3.48. The first kappa shape index (κ1) is 20.3. The number of esters is 1. The minimum absolute atomic E-state index is 0.0452. The zero-order valence-electron chi connectivity index (χ0n) is 17.0. The lowest BCUT2D eigenvalue weighted by molar-refractivity contribution is -0.139. The van der Waals surface area contributed by atoms with Crippen molar-refractivity contribution in [2.24, 2.45) is 5.92 Å². The Bertz CT molecular complexity index is 1160. The fourth-order valence-electron chi connectivity index (χ4n) is 3.81. The number of aromatic nitrogens is 2. The van der Waals surface area contributed by atoms with Crippen LogP contribution in [0, 0.1) is 19.8 Å². The van der Waals surface area contributed by atoms with Crippen LogP contribution < -0.4 is 4.74 Å². The largest absolute Gasteiger partial charge is 0.406 e. The first-order valence-electron chi connectivity index (χ1n) is 10.1. The summed E-state index contributed by atoms with van der Waals surface area (Å²) in [6, 6.07) is 15.7. The molecular weight excluding hydrogens is 400 g/mol. The molecule has 1 heterocycles. The molecule has 7 heteroatoms. The zero-order chi connectivity index (χ0) is 21.3. The third-order valence-electron chi connectivity index (χ3n) is 5.45. The molecule has 1 aromatic heterocycles. The number of aryl methyl sites for hydroxylation is 2. The molecular formula is C23H24N2O4S. The van der Waals surface area contributed by atoms with Crippen molar-refractivity contribution in [3.05, 3.63) is 65.9 Å². The molecule has 1 saturated carbocycles. The molecule has 3 aromatic rings. The molecule has 0 unspecified atom stereocenters. The Balaban J connectivity index is 1.86. The van der Waals surface area contributed by atoms with E-state index in [1.807, 2.05) is 25.1 Å². The lowest BCUT2D eigenvalue weighted by Gasteiger charge is -2.13. The van der Waals surface area contributed by atoms with Gasteiger partial charge >= 0.3 is 5.97 Å². The molecule has 0 radical (unpaired) electrons. The van der Waals surface area contributed by atoms with Crippen molar-refractivity contribution in [3.63, 3.8) is 0 Å². The molecule has 0 N–H and O–H groups in total. The smallest absolute Gasteiger partial charge is 0.315 e. The molecule has 156 valence electrons. The van der Waals surface area contributed by atoms with Crippen LogP contribution in [0.15, 0.2) is 64.4 Å². The Kier molecular flexibility index (Phi) is 5.47. The maximum Gasteiger partial charge on any atom is 0.315 e. The molecule has 30 heavy (non-hydrogen) atoms. The monoisotopic (exact) mass is 424 g/mol. The fourth-order valence-corrected chi connectivity index (χ4v) is 5.33. The van der Waals surface area contributed by atoms with Crippen molar-refractivity contribution in [2.75, 3.05) is 0 Å². The van der Waals surface area contributed by atoms with Gasteiger partial charge in [-0.3, -0.25) is 4.79 Å². The van der Waals surface area contributed by atoms with E-state index in [0.717, 1.165) is 31.2 Å². The highest BCUT2D eigenvalue weighted by atomic mass is 32.2. The highest BCUT2D eigenvalue weighted by Gasteiger charge is 2.34. The molecule has 1 fully saturated rings. The summed E-state index contributed by atoms with van der Waals surface area (Å²) in [5.41, 5.74) is 1.87. The van der Waals surface area contributed by atoms with Gasteiger partial charge in [0.05, 0.1) is 22.2 Å². The van der Waals surface area contributed by atoms with Crippen molar-refractivity contribution >= 4 is 15.8 Å². The maximum atomic E-state index is 13.5. The van der Waals surface area contributed by atoms with E-state index in [-0.39, 0.29) is 27.3 Å². The number of para-hydroxylation sites is 1. The Morgan fingerprint density at radius 1 is 1.00 bits per heavy atom. The van der Waals surface area contributed by atoms with E-state index in [9.17, 15) is 13.2 Å². The number of carbonyl (C=O) groups is 1. The predicted octanol–water partition coefficient (Wildman–Crippen LogP) is 4.42. The molecule has 0 amide bonds. The van der Waals surface area contributed by atoms with Gasteiger partial charge in [-0.25, -0.2) is 8.42 Å². The van der Waals surface area contributed by atoms with Gasteiger partial charge in [0, 0.05) is 0 Å². The first-order chi connectivity index (χ1) is 14.4. The Morgan fingerprint density at radius 3 is 2.27 bits per heavy atom. The van der Waals surface area contributed by atoms with E-state index in [2.05, 4.69) is 5.10 Å². The second-order valence-corrected chi connectivity index (χ2v) is 9.57.